The summed E-state index contributed by atoms with van der Waals surface area (Å²) in [6.07, 6.45) is 0. The molecule has 2 N–H and O–H groups in total. The van der Waals surface area contributed by atoms with Crippen molar-refractivity contribution in [2.45, 2.75) is 11.4 Å². The Hall–Kier alpha value is -0.240. The van der Waals surface area contributed by atoms with Crippen molar-refractivity contribution >= 4 is 23.2 Å². The van der Waals surface area contributed by atoms with Crippen molar-refractivity contribution in [3.05, 3.63) is 24.3 Å². The van der Waals surface area contributed by atoms with E-state index in [1.54, 1.807) is 0 Å². The van der Waals surface area contributed by atoms with Gasteiger partial charge in [-0.1, -0.05) is 47.5 Å². The molecule has 2 rings (SSSR count). The van der Waals surface area contributed by atoms with Crippen molar-refractivity contribution in [1.29, 1.82) is 0 Å². The Kier molecular flexibility index (Phi) is 2.43. The third kappa shape index (κ3) is 3.10. The zero-order valence-electron chi connectivity index (χ0n) is 6.14. The molecule has 0 heterocycles. The average Bonchev–Trinajstić information content (AvgIpc) is 1.74. The molecule has 1 nitrogen and oxygen atoms in total. The van der Waals surface area contributed by atoms with Gasteiger partial charge < -0.3 is 5.73 Å². The molecule has 0 bridgehead atoms. The van der Waals surface area contributed by atoms with E-state index in [1.807, 2.05) is 0 Å². The van der Waals surface area contributed by atoms with Crippen molar-refractivity contribution in [2.24, 2.45) is 5.73 Å². The number of benzene rings is 1. The predicted octanol–water partition coefficient (Wildman–Crippen LogP) is 2.76. The second kappa shape index (κ2) is 3.02. The average molecular weight is 190 g/mol. The lowest BCUT2D eigenvalue weighted by Gasteiger charge is -2.10. The van der Waals surface area contributed by atoms with Gasteiger partial charge in [0.2, 0.25) is 0 Å². The van der Waals surface area contributed by atoms with Crippen LogP contribution in [-0.2, 0) is 0 Å². The fourth-order valence-electron chi connectivity index (χ4n) is 0.663. The van der Waals surface area contributed by atoms with Gasteiger partial charge in [0.1, 0.15) is 0 Å². The molecule has 0 amide bonds. The van der Waals surface area contributed by atoms with Crippen molar-refractivity contribution in [3.63, 3.8) is 0 Å². The number of halogens is 2. The Morgan fingerprint density at radius 2 is 1.27 bits per heavy atom. The normalized spacial score (nSPS) is 11.6. The van der Waals surface area contributed by atoms with E-state index in [9.17, 15) is 0 Å². The van der Waals surface area contributed by atoms with E-state index < -0.39 is 4.46 Å². The SMILES string of the molecule is CC(N)(Cl)Cl.c1cc2ccc1-2. The molecule has 2 aliphatic rings. The molecule has 60 valence electrons. The Balaban J connectivity index is 0.000000114. The van der Waals surface area contributed by atoms with Gasteiger partial charge in [-0.05, 0) is 18.1 Å². The number of hydrogen-bond acceptors (Lipinski definition) is 1. The highest BCUT2D eigenvalue weighted by molar-refractivity contribution is 6.47. The third-order valence-electron chi connectivity index (χ3n) is 1.22. The molecular weight excluding hydrogens is 181 g/mol. The molecule has 0 aromatic heterocycles. The quantitative estimate of drug-likeness (QED) is 0.501. The molecule has 0 unspecified atom stereocenters. The Bertz CT molecular complexity index is 208. The van der Waals surface area contributed by atoms with Gasteiger partial charge in [0.25, 0.3) is 0 Å². The second-order valence-electron chi connectivity index (χ2n) is 2.53. The van der Waals surface area contributed by atoms with Crippen LogP contribution in [0, 0.1) is 0 Å². The van der Waals surface area contributed by atoms with Crippen LogP contribution in [0.3, 0.4) is 0 Å². The first-order valence-electron chi connectivity index (χ1n) is 3.24. The molecule has 0 spiro atoms. The molecule has 0 radical (unpaired) electrons. The first-order valence-corrected chi connectivity index (χ1v) is 3.99. The lowest BCUT2D eigenvalue weighted by atomic mass is 9.95. The Morgan fingerprint density at radius 3 is 1.27 bits per heavy atom. The number of fused-ring (bicyclic) bond motifs is 1. The summed E-state index contributed by atoms with van der Waals surface area (Å²) in [5.41, 5.74) is 7.74. The fraction of sp³-hybridized carbons (Fsp3) is 0.250. The summed E-state index contributed by atoms with van der Waals surface area (Å²) in [4.78, 5) is 0. The zero-order chi connectivity index (χ0) is 8.48. The summed E-state index contributed by atoms with van der Waals surface area (Å²) in [5.74, 6) is 0. The molecule has 0 saturated carbocycles. The van der Waals surface area contributed by atoms with Crippen LogP contribution in [0.15, 0.2) is 24.3 Å². The van der Waals surface area contributed by atoms with Crippen LogP contribution in [0.25, 0.3) is 11.1 Å². The highest BCUT2D eigenvalue weighted by Crippen LogP contribution is 2.29. The minimum Gasteiger partial charge on any atom is -0.300 e. The van der Waals surface area contributed by atoms with Gasteiger partial charge in [0.15, 0.2) is 4.46 Å². The summed E-state index contributed by atoms with van der Waals surface area (Å²) in [6.45, 7) is 1.50. The van der Waals surface area contributed by atoms with Crippen molar-refractivity contribution < 1.29 is 0 Å². The first kappa shape index (κ1) is 8.85. The maximum absolute atomic E-state index is 5.07. The number of hydrogen-bond donors (Lipinski definition) is 1. The maximum Gasteiger partial charge on any atom is 0.163 e. The zero-order valence-corrected chi connectivity index (χ0v) is 7.65. The van der Waals surface area contributed by atoms with Crippen LogP contribution in [0.4, 0.5) is 0 Å². The summed E-state index contributed by atoms with van der Waals surface area (Å²) in [6, 6.07) is 8.48. The molecule has 0 aromatic carbocycles. The highest BCUT2D eigenvalue weighted by atomic mass is 35.5. The number of nitrogens with two attached hydrogens (primary N) is 1. The number of alkyl halides is 2. The Labute approximate surface area is 76.1 Å². The Morgan fingerprint density at radius 1 is 1.09 bits per heavy atom. The monoisotopic (exact) mass is 189 g/mol. The van der Waals surface area contributed by atoms with Gasteiger partial charge in [-0.3, -0.25) is 0 Å². The molecule has 2 aliphatic carbocycles. The van der Waals surface area contributed by atoms with Crippen LogP contribution in [0.5, 0.6) is 0 Å². The van der Waals surface area contributed by atoms with Crippen molar-refractivity contribution in [3.8, 4) is 11.1 Å². The molecular formula is C8H9Cl2N. The van der Waals surface area contributed by atoms with Crippen LogP contribution < -0.4 is 5.73 Å². The van der Waals surface area contributed by atoms with Crippen LogP contribution in [0.2, 0.25) is 0 Å². The van der Waals surface area contributed by atoms with Crippen LogP contribution in [0.1, 0.15) is 6.92 Å². The summed E-state index contributed by atoms with van der Waals surface area (Å²) in [5, 5.41) is 0. The molecule has 0 aromatic rings. The maximum atomic E-state index is 5.07. The first-order chi connectivity index (χ1) is 4.97. The van der Waals surface area contributed by atoms with E-state index in [1.165, 1.54) is 18.1 Å². The molecule has 0 saturated heterocycles. The summed E-state index contributed by atoms with van der Waals surface area (Å²) >= 11 is 10.1. The third-order valence-corrected chi connectivity index (χ3v) is 1.22. The van der Waals surface area contributed by atoms with Crippen LogP contribution in [-0.4, -0.2) is 4.46 Å². The van der Waals surface area contributed by atoms with Gasteiger partial charge in [0.05, 0.1) is 0 Å². The molecule has 11 heavy (non-hydrogen) atoms. The summed E-state index contributed by atoms with van der Waals surface area (Å²) in [7, 11) is 0. The van der Waals surface area contributed by atoms with E-state index in [-0.39, 0.29) is 0 Å². The van der Waals surface area contributed by atoms with Crippen LogP contribution >= 0.6 is 23.2 Å². The molecule has 0 fully saturated rings. The van der Waals surface area contributed by atoms with Gasteiger partial charge in [-0.15, -0.1) is 0 Å². The van der Waals surface area contributed by atoms with Gasteiger partial charge >= 0.3 is 0 Å². The largest absolute Gasteiger partial charge is 0.300 e. The van der Waals surface area contributed by atoms with E-state index >= 15 is 0 Å². The lowest BCUT2D eigenvalue weighted by molar-refractivity contribution is 0.935. The van der Waals surface area contributed by atoms with E-state index in [4.69, 9.17) is 28.9 Å². The molecule has 0 aliphatic heterocycles. The minimum atomic E-state index is -1.06. The molecule has 3 heteroatoms. The topological polar surface area (TPSA) is 26.0 Å². The van der Waals surface area contributed by atoms with Crippen molar-refractivity contribution in [1.82, 2.24) is 0 Å². The summed E-state index contributed by atoms with van der Waals surface area (Å²) < 4.78 is -1.06. The smallest absolute Gasteiger partial charge is 0.163 e. The van der Waals surface area contributed by atoms with Gasteiger partial charge in [-0.25, -0.2) is 0 Å². The van der Waals surface area contributed by atoms with Crippen molar-refractivity contribution in [2.75, 3.05) is 0 Å². The standard InChI is InChI=1S/C6H4.C2H5Cl2N/c1-2-6-4-3-5(1)6;1-2(3,4)5/h1-4H;5H2,1H3. The highest BCUT2D eigenvalue weighted by Gasteiger charge is 2.04. The fourth-order valence-corrected chi connectivity index (χ4v) is 0.663. The molecule has 0 atom stereocenters. The predicted molar refractivity (Wildman–Crippen MR) is 49.7 cm³/mol. The van der Waals surface area contributed by atoms with E-state index in [0.717, 1.165) is 0 Å². The lowest BCUT2D eigenvalue weighted by Crippen LogP contribution is -2.19. The van der Waals surface area contributed by atoms with E-state index in [0.29, 0.717) is 0 Å². The van der Waals surface area contributed by atoms with Gasteiger partial charge in [-0.2, -0.15) is 0 Å². The van der Waals surface area contributed by atoms with E-state index in [2.05, 4.69) is 24.3 Å². The minimum absolute atomic E-state index is 1.06. The number of rotatable bonds is 0. The second-order valence-corrected chi connectivity index (χ2v) is 4.30. The van der Waals surface area contributed by atoms with Gasteiger partial charge in [0, 0.05) is 0 Å².